The third-order valence-corrected chi connectivity index (χ3v) is 3.49. The van der Waals surface area contributed by atoms with Crippen LogP contribution in [-0.4, -0.2) is 15.6 Å². The van der Waals surface area contributed by atoms with Crippen LogP contribution in [0.5, 0.6) is 0 Å². The summed E-state index contributed by atoms with van der Waals surface area (Å²) in [6.07, 6.45) is 4.44. The number of hydrogen-bond donors (Lipinski definition) is 1. The van der Waals surface area contributed by atoms with Gasteiger partial charge in [0.25, 0.3) is 0 Å². The van der Waals surface area contributed by atoms with Crippen LogP contribution in [0.1, 0.15) is 18.2 Å². The monoisotopic (exact) mass is 311 g/mol. The average molecular weight is 312 g/mol. The van der Waals surface area contributed by atoms with Gasteiger partial charge < -0.3 is 10.3 Å². The van der Waals surface area contributed by atoms with E-state index in [9.17, 15) is 4.39 Å². The van der Waals surface area contributed by atoms with E-state index in [4.69, 9.17) is 5.73 Å². The number of imidazole rings is 1. The predicted octanol–water partition coefficient (Wildman–Crippen LogP) is 2.72. The smallest absolute Gasteiger partial charge is 0.137 e. The molecule has 96 valence electrons. The molecular formula is C13H15BrFN3. The SMILES string of the molecule is CC(N)Cc1cn(Cc2cccc(F)c2Br)cn1. The van der Waals surface area contributed by atoms with Crippen molar-refractivity contribution >= 4 is 15.9 Å². The molecule has 2 aromatic rings. The Labute approximate surface area is 114 Å². The van der Waals surface area contributed by atoms with E-state index in [1.54, 1.807) is 12.4 Å². The summed E-state index contributed by atoms with van der Waals surface area (Å²) in [7, 11) is 0. The maximum absolute atomic E-state index is 13.4. The highest BCUT2D eigenvalue weighted by Gasteiger charge is 2.07. The Morgan fingerprint density at radius 3 is 3.00 bits per heavy atom. The molecule has 0 fully saturated rings. The van der Waals surface area contributed by atoms with Gasteiger partial charge in [-0.2, -0.15) is 0 Å². The summed E-state index contributed by atoms with van der Waals surface area (Å²) in [4.78, 5) is 4.28. The first-order valence-electron chi connectivity index (χ1n) is 5.75. The molecule has 5 heteroatoms. The summed E-state index contributed by atoms with van der Waals surface area (Å²) < 4.78 is 15.8. The summed E-state index contributed by atoms with van der Waals surface area (Å²) in [6.45, 7) is 2.53. The number of nitrogens with two attached hydrogens (primary N) is 1. The normalized spacial score (nSPS) is 12.7. The lowest BCUT2D eigenvalue weighted by Crippen LogP contribution is -2.17. The number of benzene rings is 1. The van der Waals surface area contributed by atoms with Gasteiger partial charge in [-0.1, -0.05) is 12.1 Å². The van der Waals surface area contributed by atoms with Crippen molar-refractivity contribution < 1.29 is 4.39 Å². The zero-order chi connectivity index (χ0) is 13.1. The van der Waals surface area contributed by atoms with Crippen LogP contribution in [0, 0.1) is 5.82 Å². The lowest BCUT2D eigenvalue weighted by atomic mass is 10.2. The Bertz CT molecular complexity index is 537. The maximum Gasteiger partial charge on any atom is 0.137 e. The van der Waals surface area contributed by atoms with Crippen molar-refractivity contribution in [2.75, 3.05) is 0 Å². The summed E-state index contributed by atoms with van der Waals surface area (Å²) in [5.74, 6) is -0.247. The van der Waals surface area contributed by atoms with Crippen LogP contribution >= 0.6 is 15.9 Å². The van der Waals surface area contributed by atoms with Gasteiger partial charge in [0.1, 0.15) is 5.82 Å². The number of hydrogen-bond acceptors (Lipinski definition) is 2. The first kappa shape index (κ1) is 13.2. The number of nitrogens with zero attached hydrogens (tertiary/aromatic N) is 2. The Morgan fingerprint density at radius 2 is 2.28 bits per heavy atom. The van der Waals surface area contributed by atoms with Crippen molar-refractivity contribution in [3.05, 3.63) is 52.3 Å². The molecule has 1 heterocycles. The van der Waals surface area contributed by atoms with Crippen LogP contribution in [0.3, 0.4) is 0 Å². The Kier molecular flexibility index (Phi) is 4.14. The van der Waals surface area contributed by atoms with E-state index in [0.29, 0.717) is 11.0 Å². The molecule has 2 N–H and O–H groups in total. The van der Waals surface area contributed by atoms with Gasteiger partial charge in [-0.15, -0.1) is 0 Å². The van der Waals surface area contributed by atoms with E-state index < -0.39 is 0 Å². The fraction of sp³-hybridized carbons (Fsp3) is 0.308. The van der Waals surface area contributed by atoms with Crippen molar-refractivity contribution in [3.8, 4) is 0 Å². The molecule has 0 saturated heterocycles. The third kappa shape index (κ3) is 3.17. The molecule has 0 bridgehead atoms. The van der Waals surface area contributed by atoms with Crippen molar-refractivity contribution in [1.29, 1.82) is 0 Å². The average Bonchev–Trinajstić information content (AvgIpc) is 2.71. The molecule has 1 aromatic heterocycles. The first-order chi connectivity index (χ1) is 8.56. The molecule has 0 radical (unpaired) electrons. The van der Waals surface area contributed by atoms with Crippen molar-refractivity contribution in [3.63, 3.8) is 0 Å². The van der Waals surface area contributed by atoms with Crippen LogP contribution in [0.25, 0.3) is 0 Å². The van der Waals surface area contributed by atoms with Crippen LogP contribution in [0.4, 0.5) is 4.39 Å². The second-order valence-corrected chi connectivity index (χ2v) is 5.22. The van der Waals surface area contributed by atoms with Gasteiger partial charge in [-0.25, -0.2) is 9.37 Å². The first-order valence-corrected chi connectivity index (χ1v) is 6.54. The molecular weight excluding hydrogens is 297 g/mol. The van der Waals surface area contributed by atoms with Gasteiger partial charge in [0.2, 0.25) is 0 Å². The fourth-order valence-corrected chi connectivity index (χ4v) is 2.19. The minimum atomic E-state index is -0.247. The Balaban J connectivity index is 2.14. The summed E-state index contributed by atoms with van der Waals surface area (Å²) in [6, 6.07) is 5.12. The van der Waals surface area contributed by atoms with Crippen molar-refractivity contribution in [1.82, 2.24) is 9.55 Å². The molecule has 18 heavy (non-hydrogen) atoms. The highest BCUT2D eigenvalue weighted by atomic mass is 79.9. The van der Waals surface area contributed by atoms with Crippen LogP contribution in [0.2, 0.25) is 0 Å². The van der Waals surface area contributed by atoms with E-state index in [2.05, 4.69) is 20.9 Å². The van der Waals surface area contributed by atoms with E-state index in [1.165, 1.54) is 6.07 Å². The number of halogens is 2. The molecule has 3 nitrogen and oxygen atoms in total. The van der Waals surface area contributed by atoms with Gasteiger partial charge in [0.05, 0.1) is 16.5 Å². The maximum atomic E-state index is 13.4. The van der Waals surface area contributed by atoms with Crippen LogP contribution in [0.15, 0.2) is 35.2 Å². The molecule has 0 aliphatic heterocycles. The minimum absolute atomic E-state index is 0.0919. The minimum Gasteiger partial charge on any atom is -0.333 e. The molecule has 1 atom stereocenters. The number of rotatable bonds is 4. The van der Waals surface area contributed by atoms with Gasteiger partial charge in [-0.3, -0.25) is 0 Å². The number of aromatic nitrogens is 2. The van der Waals surface area contributed by atoms with Gasteiger partial charge >= 0.3 is 0 Å². The third-order valence-electron chi connectivity index (χ3n) is 2.60. The van der Waals surface area contributed by atoms with Crippen LogP contribution < -0.4 is 5.73 Å². The molecule has 0 aliphatic carbocycles. The van der Waals surface area contributed by atoms with Crippen molar-refractivity contribution in [2.24, 2.45) is 5.73 Å². The van der Waals surface area contributed by atoms with E-state index in [1.807, 2.05) is 23.8 Å². The van der Waals surface area contributed by atoms with E-state index in [-0.39, 0.29) is 11.9 Å². The quantitative estimate of drug-likeness (QED) is 0.943. The summed E-state index contributed by atoms with van der Waals surface area (Å²) in [5.41, 5.74) is 7.57. The highest BCUT2D eigenvalue weighted by Crippen LogP contribution is 2.21. The van der Waals surface area contributed by atoms with E-state index >= 15 is 0 Å². The van der Waals surface area contributed by atoms with E-state index in [0.717, 1.165) is 17.7 Å². The largest absolute Gasteiger partial charge is 0.333 e. The predicted molar refractivity (Wildman–Crippen MR) is 72.8 cm³/mol. The fourth-order valence-electron chi connectivity index (χ4n) is 1.80. The molecule has 1 aromatic carbocycles. The Morgan fingerprint density at radius 1 is 1.50 bits per heavy atom. The molecule has 0 saturated carbocycles. The molecule has 0 aliphatic rings. The zero-order valence-corrected chi connectivity index (χ0v) is 11.7. The van der Waals surface area contributed by atoms with Crippen LogP contribution in [-0.2, 0) is 13.0 Å². The summed E-state index contributed by atoms with van der Waals surface area (Å²) >= 11 is 3.26. The highest BCUT2D eigenvalue weighted by molar-refractivity contribution is 9.10. The van der Waals surface area contributed by atoms with Gasteiger partial charge in [0.15, 0.2) is 0 Å². The topological polar surface area (TPSA) is 43.8 Å². The standard InChI is InChI=1S/C13H15BrFN3/c1-9(16)5-11-7-18(8-17-11)6-10-3-2-4-12(15)13(10)14/h2-4,7-9H,5-6,16H2,1H3. The lowest BCUT2D eigenvalue weighted by molar-refractivity contribution is 0.616. The van der Waals surface area contributed by atoms with Gasteiger partial charge in [0, 0.05) is 25.2 Å². The Hall–Kier alpha value is -1.20. The van der Waals surface area contributed by atoms with Crippen molar-refractivity contribution in [2.45, 2.75) is 25.9 Å². The molecule has 0 spiro atoms. The molecule has 1 unspecified atom stereocenters. The van der Waals surface area contributed by atoms with Gasteiger partial charge in [-0.05, 0) is 34.5 Å². The molecule has 2 rings (SSSR count). The summed E-state index contributed by atoms with van der Waals surface area (Å²) in [5, 5.41) is 0. The second-order valence-electron chi connectivity index (χ2n) is 4.43. The zero-order valence-electron chi connectivity index (χ0n) is 10.1. The lowest BCUT2D eigenvalue weighted by Gasteiger charge is -2.06. The molecule has 0 amide bonds. The second kappa shape index (κ2) is 5.63.